The lowest BCUT2D eigenvalue weighted by Gasteiger charge is -2.09. The van der Waals surface area contributed by atoms with E-state index in [9.17, 15) is 4.79 Å². The summed E-state index contributed by atoms with van der Waals surface area (Å²) in [7, 11) is 0. The van der Waals surface area contributed by atoms with E-state index in [4.69, 9.17) is 5.73 Å². The van der Waals surface area contributed by atoms with Crippen LogP contribution in [-0.2, 0) is 11.3 Å². The van der Waals surface area contributed by atoms with Crippen LogP contribution in [0.2, 0.25) is 0 Å². The van der Waals surface area contributed by atoms with E-state index in [1.54, 1.807) is 12.5 Å². The number of nitrogens with two attached hydrogens (primary N) is 1. The summed E-state index contributed by atoms with van der Waals surface area (Å²) < 4.78 is 0. The Kier molecular flexibility index (Phi) is 3.01. The van der Waals surface area contributed by atoms with Crippen LogP contribution in [0.1, 0.15) is 25.0 Å². The van der Waals surface area contributed by atoms with Crippen molar-refractivity contribution in [3.05, 3.63) is 18.2 Å². The molecule has 1 saturated carbocycles. The number of amides is 1. The average Bonchev–Trinajstić information content (AvgIpc) is 2.93. The van der Waals surface area contributed by atoms with E-state index in [1.165, 1.54) is 12.8 Å². The van der Waals surface area contributed by atoms with Crippen LogP contribution < -0.4 is 11.1 Å². The topological polar surface area (TPSA) is 83.8 Å². The van der Waals surface area contributed by atoms with Gasteiger partial charge in [-0.15, -0.1) is 0 Å². The van der Waals surface area contributed by atoms with Gasteiger partial charge in [-0.3, -0.25) is 4.79 Å². The van der Waals surface area contributed by atoms with Gasteiger partial charge < -0.3 is 16.0 Å². The van der Waals surface area contributed by atoms with Crippen molar-refractivity contribution in [2.75, 3.05) is 0 Å². The summed E-state index contributed by atoms with van der Waals surface area (Å²) in [6.45, 7) is 0.496. The molecule has 0 aromatic carbocycles. The van der Waals surface area contributed by atoms with Gasteiger partial charge in [-0.05, 0) is 18.8 Å². The van der Waals surface area contributed by atoms with Gasteiger partial charge in [0.25, 0.3) is 0 Å². The van der Waals surface area contributed by atoms with Crippen molar-refractivity contribution in [3.63, 3.8) is 0 Å². The lowest BCUT2D eigenvalue weighted by atomic mass is 10.1. The Morgan fingerprint density at radius 1 is 1.73 bits per heavy atom. The number of hydrogen-bond acceptors (Lipinski definition) is 3. The molecule has 1 amide bonds. The fraction of sp³-hybridized carbons (Fsp3) is 0.600. The van der Waals surface area contributed by atoms with Crippen LogP contribution >= 0.6 is 0 Å². The van der Waals surface area contributed by atoms with Gasteiger partial charge >= 0.3 is 0 Å². The Morgan fingerprint density at radius 3 is 3.13 bits per heavy atom. The van der Waals surface area contributed by atoms with Crippen LogP contribution in [0.15, 0.2) is 12.5 Å². The van der Waals surface area contributed by atoms with Gasteiger partial charge in [-0.1, -0.05) is 0 Å². The summed E-state index contributed by atoms with van der Waals surface area (Å²) in [5.41, 5.74) is 6.75. The molecule has 1 aromatic heterocycles. The molecule has 0 aliphatic heterocycles. The zero-order valence-electron chi connectivity index (χ0n) is 8.57. The summed E-state index contributed by atoms with van der Waals surface area (Å²) in [5, 5.41) is 2.81. The largest absolute Gasteiger partial charge is 0.350 e. The lowest BCUT2D eigenvalue weighted by Crippen LogP contribution is -2.32. The predicted octanol–water partition coefficient (Wildman–Crippen LogP) is 0.153. The Bertz CT molecular complexity index is 318. The lowest BCUT2D eigenvalue weighted by molar-refractivity contribution is -0.121. The van der Waals surface area contributed by atoms with Crippen molar-refractivity contribution >= 4 is 5.91 Å². The number of nitrogens with one attached hydrogen (secondary N) is 2. The van der Waals surface area contributed by atoms with Gasteiger partial charge in [-0.25, -0.2) is 4.98 Å². The standard InChI is InChI=1S/C10H16N4O/c11-9(7-1-2-7)3-10(15)13-5-8-4-12-6-14-8/h4,6-7,9H,1-3,5,11H2,(H,12,14)(H,13,15). The second-order valence-corrected chi connectivity index (χ2v) is 4.06. The van der Waals surface area contributed by atoms with Gasteiger partial charge in [0.15, 0.2) is 0 Å². The molecule has 0 bridgehead atoms. The van der Waals surface area contributed by atoms with E-state index in [1.807, 2.05) is 0 Å². The highest BCUT2D eigenvalue weighted by Crippen LogP contribution is 2.32. The first-order valence-electron chi connectivity index (χ1n) is 5.25. The second-order valence-electron chi connectivity index (χ2n) is 4.06. The number of aromatic amines is 1. The minimum absolute atomic E-state index is 0.0176. The number of aromatic nitrogens is 2. The van der Waals surface area contributed by atoms with Gasteiger partial charge in [0, 0.05) is 18.7 Å². The molecule has 0 spiro atoms. The molecule has 15 heavy (non-hydrogen) atoms. The maximum atomic E-state index is 11.5. The van der Waals surface area contributed by atoms with Crippen LogP contribution in [0.25, 0.3) is 0 Å². The third-order valence-corrected chi connectivity index (χ3v) is 2.68. The molecule has 5 heteroatoms. The zero-order valence-corrected chi connectivity index (χ0v) is 8.57. The summed E-state index contributed by atoms with van der Waals surface area (Å²) in [6, 6.07) is 0.0340. The Morgan fingerprint density at radius 2 is 2.53 bits per heavy atom. The monoisotopic (exact) mass is 208 g/mol. The van der Waals surface area contributed by atoms with Crippen LogP contribution in [-0.4, -0.2) is 21.9 Å². The first-order valence-corrected chi connectivity index (χ1v) is 5.25. The van der Waals surface area contributed by atoms with Crippen LogP contribution in [0.5, 0.6) is 0 Å². The number of rotatable bonds is 5. The molecule has 1 aliphatic rings. The van der Waals surface area contributed by atoms with Crippen molar-refractivity contribution in [1.82, 2.24) is 15.3 Å². The molecule has 5 nitrogen and oxygen atoms in total. The van der Waals surface area contributed by atoms with Crippen LogP contribution in [0, 0.1) is 5.92 Å². The van der Waals surface area contributed by atoms with Gasteiger partial charge in [0.2, 0.25) is 5.91 Å². The molecule has 82 valence electrons. The van der Waals surface area contributed by atoms with E-state index in [2.05, 4.69) is 15.3 Å². The maximum Gasteiger partial charge on any atom is 0.221 e. The maximum absolute atomic E-state index is 11.5. The summed E-state index contributed by atoms with van der Waals surface area (Å²) in [4.78, 5) is 18.2. The summed E-state index contributed by atoms with van der Waals surface area (Å²) in [5.74, 6) is 0.590. The van der Waals surface area contributed by atoms with Crippen LogP contribution in [0.4, 0.5) is 0 Å². The number of carbonyl (C=O) groups excluding carboxylic acids is 1. The quantitative estimate of drug-likeness (QED) is 0.644. The van der Waals surface area contributed by atoms with E-state index in [0.717, 1.165) is 5.69 Å². The average molecular weight is 208 g/mol. The molecule has 0 radical (unpaired) electrons. The van der Waals surface area contributed by atoms with E-state index < -0.39 is 0 Å². The van der Waals surface area contributed by atoms with Gasteiger partial charge in [0.05, 0.1) is 18.6 Å². The van der Waals surface area contributed by atoms with Gasteiger partial charge in [-0.2, -0.15) is 0 Å². The van der Waals surface area contributed by atoms with Crippen molar-refractivity contribution < 1.29 is 4.79 Å². The SMILES string of the molecule is NC(CC(=O)NCc1cnc[nH]1)C1CC1. The molecule has 1 aliphatic carbocycles. The first-order chi connectivity index (χ1) is 7.25. The van der Waals surface area contributed by atoms with E-state index in [0.29, 0.717) is 18.9 Å². The van der Waals surface area contributed by atoms with Crippen molar-refractivity contribution in [3.8, 4) is 0 Å². The molecule has 2 rings (SSSR count). The number of hydrogen-bond donors (Lipinski definition) is 3. The molecule has 4 N–H and O–H groups in total. The smallest absolute Gasteiger partial charge is 0.221 e. The van der Waals surface area contributed by atoms with Crippen molar-refractivity contribution in [2.24, 2.45) is 11.7 Å². The molecular weight excluding hydrogens is 192 g/mol. The normalized spacial score (nSPS) is 17.4. The molecule has 1 heterocycles. The number of carbonyl (C=O) groups is 1. The Balaban J connectivity index is 1.68. The Hall–Kier alpha value is -1.36. The number of nitrogens with zero attached hydrogens (tertiary/aromatic N) is 1. The molecule has 1 aromatic rings. The molecule has 1 unspecified atom stereocenters. The molecule has 0 saturated heterocycles. The van der Waals surface area contributed by atoms with Crippen LogP contribution in [0.3, 0.4) is 0 Å². The molecule has 1 fully saturated rings. The molecule has 1 atom stereocenters. The highest BCUT2D eigenvalue weighted by Gasteiger charge is 2.29. The molecular formula is C10H16N4O. The fourth-order valence-electron chi connectivity index (χ4n) is 1.55. The fourth-order valence-corrected chi connectivity index (χ4v) is 1.55. The number of H-pyrrole nitrogens is 1. The van der Waals surface area contributed by atoms with E-state index in [-0.39, 0.29) is 11.9 Å². The van der Waals surface area contributed by atoms with Crippen molar-refractivity contribution in [1.29, 1.82) is 0 Å². The third-order valence-electron chi connectivity index (χ3n) is 2.68. The number of imidazole rings is 1. The minimum Gasteiger partial charge on any atom is -0.350 e. The first kappa shape index (κ1) is 10.2. The summed E-state index contributed by atoms with van der Waals surface area (Å²) >= 11 is 0. The minimum atomic E-state index is 0.0176. The summed E-state index contributed by atoms with van der Waals surface area (Å²) in [6.07, 6.45) is 6.07. The third kappa shape index (κ3) is 3.06. The Labute approximate surface area is 88.5 Å². The van der Waals surface area contributed by atoms with Crippen molar-refractivity contribution in [2.45, 2.75) is 31.8 Å². The second kappa shape index (κ2) is 4.44. The predicted molar refractivity (Wildman–Crippen MR) is 55.8 cm³/mol. The highest BCUT2D eigenvalue weighted by molar-refractivity contribution is 5.76. The zero-order chi connectivity index (χ0) is 10.7. The highest BCUT2D eigenvalue weighted by atomic mass is 16.1. The van der Waals surface area contributed by atoms with E-state index >= 15 is 0 Å². The van der Waals surface area contributed by atoms with Gasteiger partial charge in [0.1, 0.15) is 0 Å².